The van der Waals surface area contributed by atoms with Crippen molar-refractivity contribution >= 4 is 39.7 Å². The predicted molar refractivity (Wildman–Crippen MR) is 95.2 cm³/mol. The van der Waals surface area contributed by atoms with Crippen molar-refractivity contribution < 1.29 is 13.3 Å². The Morgan fingerprint density at radius 2 is 2.00 bits per heavy atom. The number of halogens is 2. The van der Waals surface area contributed by atoms with Gasteiger partial charge in [0.25, 0.3) is 5.69 Å². The summed E-state index contributed by atoms with van der Waals surface area (Å²) in [5.74, 6) is 0. The molecule has 1 atom stereocenters. The summed E-state index contributed by atoms with van der Waals surface area (Å²) in [7, 11) is -3.86. The lowest BCUT2D eigenvalue weighted by Gasteiger charge is -2.41. The quantitative estimate of drug-likeness (QED) is 0.622. The zero-order chi connectivity index (χ0) is 17.6. The third-order valence-electron chi connectivity index (χ3n) is 4.40. The van der Waals surface area contributed by atoms with Gasteiger partial charge in [0, 0.05) is 30.8 Å². The minimum absolute atomic E-state index is 0. The molecule has 136 valence electrons. The Hall–Kier alpha value is -0.930. The minimum Gasteiger partial charge on any atom is -0.327 e. The van der Waals surface area contributed by atoms with E-state index in [2.05, 4.69) is 0 Å². The molecule has 7 nitrogen and oxygen atoms in total. The number of hydrogen-bond donors (Lipinski definition) is 1. The highest BCUT2D eigenvalue weighted by molar-refractivity contribution is 7.89. The summed E-state index contributed by atoms with van der Waals surface area (Å²) in [5, 5.41) is 11.2. The summed E-state index contributed by atoms with van der Waals surface area (Å²) in [5.41, 5.74) is 5.61. The maximum absolute atomic E-state index is 12.8. The van der Waals surface area contributed by atoms with Gasteiger partial charge in [0.15, 0.2) is 0 Å². The molecule has 2 N–H and O–H groups in total. The van der Waals surface area contributed by atoms with Crippen LogP contribution in [-0.2, 0) is 10.0 Å². The van der Waals surface area contributed by atoms with E-state index in [1.807, 2.05) is 13.8 Å². The molecule has 24 heavy (non-hydrogen) atoms. The first-order valence-electron chi connectivity index (χ1n) is 7.17. The number of nitro groups is 1. The lowest BCUT2D eigenvalue weighted by Crippen LogP contribution is -2.53. The molecule has 0 amide bonds. The second-order valence-corrected chi connectivity index (χ2v) is 8.87. The van der Waals surface area contributed by atoms with Gasteiger partial charge in [-0.2, -0.15) is 4.31 Å². The zero-order valence-electron chi connectivity index (χ0n) is 13.7. The third-order valence-corrected chi connectivity index (χ3v) is 6.62. The molecule has 0 aromatic heterocycles. The molecule has 0 bridgehead atoms. The Bertz CT molecular complexity index is 753. The average Bonchev–Trinajstić information content (AvgIpc) is 2.43. The number of sulfonamides is 1. The van der Waals surface area contributed by atoms with Gasteiger partial charge >= 0.3 is 0 Å². The molecule has 10 heteroatoms. The van der Waals surface area contributed by atoms with Gasteiger partial charge < -0.3 is 5.73 Å². The third kappa shape index (κ3) is 3.83. The van der Waals surface area contributed by atoms with E-state index in [4.69, 9.17) is 17.3 Å². The van der Waals surface area contributed by atoms with Crippen LogP contribution in [0.5, 0.6) is 0 Å². The molecule has 1 unspecified atom stereocenters. The summed E-state index contributed by atoms with van der Waals surface area (Å²) >= 11 is 5.98. The van der Waals surface area contributed by atoms with E-state index in [1.54, 1.807) is 0 Å². The van der Waals surface area contributed by atoms with Crippen LogP contribution < -0.4 is 5.73 Å². The molecule has 1 saturated heterocycles. The molecule has 0 spiro atoms. The fraction of sp³-hybridized carbons (Fsp3) is 0.571. The standard InChI is InChI=1S/C14H20ClN3O4S.ClH/c1-9-11(15)6-10(7-12(9)18(19)20)23(21,22)17-5-4-13(16)14(2,3)8-17;/h6-7,13H,4-5,8,16H2,1-3H3;1H. The van der Waals surface area contributed by atoms with E-state index in [0.29, 0.717) is 6.42 Å². The molecule has 0 aliphatic carbocycles. The Balaban J connectivity index is 0.00000288. The number of rotatable bonds is 3. The van der Waals surface area contributed by atoms with Crippen LogP contribution in [0, 0.1) is 22.5 Å². The van der Waals surface area contributed by atoms with Crippen LogP contribution in [0.3, 0.4) is 0 Å². The van der Waals surface area contributed by atoms with Gasteiger partial charge in [-0.15, -0.1) is 12.4 Å². The summed E-state index contributed by atoms with van der Waals surface area (Å²) in [6.07, 6.45) is 0.536. The first-order valence-corrected chi connectivity index (χ1v) is 8.99. The second-order valence-electron chi connectivity index (χ2n) is 6.53. The Morgan fingerprint density at radius 3 is 2.50 bits per heavy atom. The summed E-state index contributed by atoms with van der Waals surface area (Å²) in [4.78, 5) is 10.3. The molecule has 1 aliphatic rings. The fourth-order valence-corrected chi connectivity index (χ4v) is 4.61. The van der Waals surface area contributed by atoms with E-state index in [9.17, 15) is 18.5 Å². The Labute approximate surface area is 152 Å². The Kier molecular flexibility index (Phi) is 6.27. The average molecular weight is 398 g/mol. The van der Waals surface area contributed by atoms with E-state index < -0.39 is 14.9 Å². The van der Waals surface area contributed by atoms with Gasteiger partial charge in [-0.3, -0.25) is 10.1 Å². The maximum Gasteiger partial charge on any atom is 0.275 e. The van der Waals surface area contributed by atoms with Crippen molar-refractivity contribution in [3.63, 3.8) is 0 Å². The van der Waals surface area contributed by atoms with Gasteiger partial charge in [0.2, 0.25) is 10.0 Å². The Morgan fingerprint density at radius 1 is 1.42 bits per heavy atom. The lowest BCUT2D eigenvalue weighted by atomic mass is 9.81. The normalized spacial score (nSPS) is 21.1. The van der Waals surface area contributed by atoms with Gasteiger partial charge in [-0.1, -0.05) is 25.4 Å². The summed E-state index contributed by atoms with van der Waals surface area (Å²) in [6, 6.07) is 2.24. The van der Waals surface area contributed by atoms with Crippen LogP contribution in [0.2, 0.25) is 5.02 Å². The highest BCUT2D eigenvalue weighted by Gasteiger charge is 2.39. The van der Waals surface area contributed by atoms with Crippen molar-refractivity contribution in [2.75, 3.05) is 13.1 Å². The van der Waals surface area contributed by atoms with Crippen molar-refractivity contribution in [2.24, 2.45) is 11.1 Å². The van der Waals surface area contributed by atoms with Crippen molar-refractivity contribution in [1.82, 2.24) is 4.31 Å². The van der Waals surface area contributed by atoms with Crippen LogP contribution in [0.1, 0.15) is 25.8 Å². The van der Waals surface area contributed by atoms with Crippen molar-refractivity contribution in [1.29, 1.82) is 0 Å². The van der Waals surface area contributed by atoms with E-state index in [1.165, 1.54) is 17.3 Å². The van der Waals surface area contributed by atoms with Crippen LogP contribution in [0.25, 0.3) is 0 Å². The van der Waals surface area contributed by atoms with Crippen molar-refractivity contribution in [3.05, 3.63) is 32.8 Å². The smallest absolute Gasteiger partial charge is 0.275 e. The van der Waals surface area contributed by atoms with Crippen LogP contribution in [0.15, 0.2) is 17.0 Å². The van der Waals surface area contributed by atoms with Gasteiger partial charge in [-0.25, -0.2) is 8.42 Å². The molecule has 1 aromatic carbocycles. The topological polar surface area (TPSA) is 107 Å². The molecule has 1 heterocycles. The minimum atomic E-state index is -3.86. The van der Waals surface area contributed by atoms with Gasteiger partial charge in [-0.05, 0) is 24.8 Å². The summed E-state index contributed by atoms with van der Waals surface area (Å²) in [6.45, 7) is 5.84. The van der Waals surface area contributed by atoms with Gasteiger partial charge in [0.05, 0.1) is 14.8 Å². The number of nitrogens with zero attached hydrogens (tertiary/aromatic N) is 2. The fourth-order valence-electron chi connectivity index (χ4n) is 2.66. The molecular weight excluding hydrogens is 377 g/mol. The SMILES string of the molecule is Cc1c(Cl)cc(S(=O)(=O)N2CCC(N)C(C)(C)C2)cc1[N+](=O)[O-].Cl. The highest BCUT2D eigenvalue weighted by atomic mass is 35.5. The molecule has 1 fully saturated rings. The van der Waals surface area contributed by atoms with E-state index in [-0.39, 0.29) is 58.1 Å². The summed E-state index contributed by atoms with van der Waals surface area (Å²) < 4.78 is 27.0. The molecule has 1 aliphatic heterocycles. The van der Waals surface area contributed by atoms with Gasteiger partial charge in [0.1, 0.15) is 0 Å². The molecule has 0 saturated carbocycles. The van der Waals surface area contributed by atoms with Crippen LogP contribution in [0.4, 0.5) is 5.69 Å². The molecule has 0 radical (unpaired) electrons. The number of hydrogen-bond acceptors (Lipinski definition) is 5. The maximum atomic E-state index is 12.8. The first-order chi connectivity index (χ1) is 10.5. The monoisotopic (exact) mass is 397 g/mol. The molecular formula is C14H21Cl2N3O4S. The highest BCUT2D eigenvalue weighted by Crippen LogP contribution is 2.34. The van der Waals surface area contributed by atoms with E-state index in [0.717, 1.165) is 6.07 Å². The predicted octanol–water partition coefficient (Wildman–Crippen LogP) is 2.73. The first kappa shape index (κ1) is 21.1. The number of piperidine rings is 1. The van der Waals surface area contributed by atoms with E-state index >= 15 is 0 Å². The second kappa shape index (κ2) is 7.13. The molecule has 1 aromatic rings. The molecule has 2 rings (SSSR count). The van der Waals surface area contributed by atoms with Crippen LogP contribution >= 0.6 is 24.0 Å². The lowest BCUT2D eigenvalue weighted by molar-refractivity contribution is -0.385. The van der Waals surface area contributed by atoms with Crippen LogP contribution in [-0.4, -0.2) is 36.8 Å². The largest absolute Gasteiger partial charge is 0.327 e. The number of nitrogens with two attached hydrogens (primary N) is 1. The zero-order valence-corrected chi connectivity index (χ0v) is 16.0. The number of benzene rings is 1. The van der Waals surface area contributed by atoms with Crippen molar-refractivity contribution in [3.8, 4) is 0 Å². The number of nitro benzene ring substituents is 1. The van der Waals surface area contributed by atoms with Crippen molar-refractivity contribution in [2.45, 2.75) is 38.1 Å².